The van der Waals surface area contributed by atoms with E-state index >= 15 is 0 Å². The highest BCUT2D eigenvalue weighted by molar-refractivity contribution is 9.10. The molecule has 1 aliphatic rings. The minimum absolute atomic E-state index is 0.145. The van der Waals surface area contributed by atoms with Gasteiger partial charge in [-0.3, -0.25) is 9.59 Å². The number of halogens is 2. The van der Waals surface area contributed by atoms with Crippen molar-refractivity contribution in [3.8, 4) is 0 Å². The number of fused-ring (bicyclic) bond motifs is 1. The predicted molar refractivity (Wildman–Crippen MR) is 131 cm³/mol. The molecule has 0 saturated carbocycles. The molecule has 0 aromatic carbocycles. The van der Waals surface area contributed by atoms with E-state index < -0.39 is 6.04 Å². The first kappa shape index (κ1) is 23.2. The molecule has 32 heavy (non-hydrogen) atoms. The van der Waals surface area contributed by atoms with Crippen LogP contribution in [-0.2, 0) is 29.6 Å². The number of carbonyl (C=O) groups excluding carboxylic acids is 2. The van der Waals surface area contributed by atoms with Crippen LogP contribution in [0.1, 0.15) is 23.8 Å². The van der Waals surface area contributed by atoms with E-state index in [9.17, 15) is 9.59 Å². The fraction of sp³-hybridized carbons (Fsp3) is 0.409. The molecule has 4 rings (SSSR count). The molecule has 4 heterocycles. The number of amides is 2. The maximum atomic E-state index is 12.6. The summed E-state index contributed by atoms with van der Waals surface area (Å²) in [5.41, 5.74) is 1.81. The molecule has 0 radical (unpaired) electrons. The number of pyridine rings is 1. The third-order valence-electron chi connectivity index (χ3n) is 5.71. The van der Waals surface area contributed by atoms with Gasteiger partial charge in [0.25, 0.3) is 0 Å². The molecule has 3 aromatic heterocycles. The molecular formula is C22H25BrClN5O2S. The summed E-state index contributed by atoms with van der Waals surface area (Å²) in [6.07, 6.45) is 5.32. The van der Waals surface area contributed by atoms with E-state index in [0.29, 0.717) is 12.5 Å². The zero-order valence-electron chi connectivity index (χ0n) is 17.8. The van der Waals surface area contributed by atoms with Gasteiger partial charge in [0, 0.05) is 40.7 Å². The number of rotatable bonds is 7. The molecule has 0 spiro atoms. The lowest BCUT2D eigenvalue weighted by Crippen LogP contribution is -2.49. The molecule has 0 aliphatic carbocycles. The van der Waals surface area contributed by atoms with Gasteiger partial charge < -0.3 is 20.5 Å². The normalized spacial score (nSPS) is 19.2. The van der Waals surface area contributed by atoms with Crippen LogP contribution in [0, 0.1) is 5.92 Å². The van der Waals surface area contributed by atoms with Crippen molar-refractivity contribution in [1.29, 1.82) is 0 Å². The Morgan fingerprint density at radius 2 is 2.25 bits per heavy atom. The van der Waals surface area contributed by atoms with Crippen LogP contribution in [0.5, 0.6) is 0 Å². The molecule has 1 fully saturated rings. The molecule has 1 aliphatic heterocycles. The number of carbonyl (C=O) groups is 2. The van der Waals surface area contributed by atoms with Gasteiger partial charge in [-0.1, -0.05) is 11.6 Å². The smallest absolute Gasteiger partial charge is 0.242 e. The van der Waals surface area contributed by atoms with Gasteiger partial charge in [-0.15, -0.1) is 11.3 Å². The molecule has 1 saturated heterocycles. The van der Waals surface area contributed by atoms with Crippen LogP contribution in [0.4, 0.5) is 0 Å². The first-order valence-corrected chi connectivity index (χ1v) is 12.4. The lowest BCUT2D eigenvalue weighted by atomic mass is 10.0. The van der Waals surface area contributed by atoms with Gasteiger partial charge in [0.15, 0.2) is 0 Å². The van der Waals surface area contributed by atoms with Crippen molar-refractivity contribution in [2.24, 2.45) is 13.0 Å². The third kappa shape index (κ3) is 5.33. The van der Waals surface area contributed by atoms with Gasteiger partial charge in [-0.2, -0.15) is 0 Å². The van der Waals surface area contributed by atoms with Crippen LogP contribution in [-0.4, -0.2) is 40.0 Å². The van der Waals surface area contributed by atoms with Crippen molar-refractivity contribution < 1.29 is 9.59 Å². The summed E-state index contributed by atoms with van der Waals surface area (Å²) in [7, 11) is 1.94. The SMILES string of the molecule is C[C@H](NC(=O)[C@H]1C[C@H](Cc2cc(Br)c(Cl)s2)CN1)C(=O)NCc1cnc2c(ccn2C)c1. The number of hydrogen-bond donors (Lipinski definition) is 3. The second-order valence-electron chi connectivity index (χ2n) is 8.23. The van der Waals surface area contributed by atoms with E-state index in [-0.39, 0.29) is 17.9 Å². The van der Waals surface area contributed by atoms with Crippen LogP contribution >= 0.6 is 38.9 Å². The number of aromatic nitrogens is 2. The molecule has 0 bridgehead atoms. The molecule has 10 heteroatoms. The zero-order chi connectivity index (χ0) is 22.8. The summed E-state index contributed by atoms with van der Waals surface area (Å²) >= 11 is 11.1. The highest BCUT2D eigenvalue weighted by Gasteiger charge is 2.31. The Morgan fingerprint density at radius 3 is 3.00 bits per heavy atom. The highest BCUT2D eigenvalue weighted by Crippen LogP contribution is 2.34. The monoisotopic (exact) mass is 537 g/mol. The van der Waals surface area contributed by atoms with Crippen molar-refractivity contribution in [3.05, 3.63) is 49.8 Å². The van der Waals surface area contributed by atoms with Gasteiger partial charge in [-0.25, -0.2) is 4.98 Å². The zero-order valence-corrected chi connectivity index (χ0v) is 21.0. The fourth-order valence-electron chi connectivity index (χ4n) is 3.96. The van der Waals surface area contributed by atoms with Crippen LogP contribution in [0.2, 0.25) is 4.34 Å². The Labute approximate surface area is 204 Å². The first-order chi connectivity index (χ1) is 15.3. The summed E-state index contributed by atoms with van der Waals surface area (Å²) in [5.74, 6) is -0.0102. The lowest BCUT2D eigenvalue weighted by Gasteiger charge is -2.17. The summed E-state index contributed by atoms with van der Waals surface area (Å²) in [4.78, 5) is 30.8. The van der Waals surface area contributed by atoms with Gasteiger partial charge >= 0.3 is 0 Å². The molecule has 3 N–H and O–H groups in total. The Morgan fingerprint density at radius 1 is 1.44 bits per heavy atom. The molecule has 3 aromatic rings. The van der Waals surface area contributed by atoms with Gasteiger partial charge in [-0.05, 0) is 71.9 Å². The minimum atomic E-state index is -0.621. The number of thiophene rings is 1. The molecule has 7 nitrogen and oxygen atoms in total. The Kier molecular flexibility index (Phi) is 7.19. The van der Waals surface area contributed by atoms with E-state index in [1.807, 2.05) is 36.0 Å². The van der Waals surface area contributed by atoms with Gasteiger partial charge in [0.2, 0.25) is 11.8 Å². The molecule has 0 unspecified atom stereocenters. The topological polar surface area (TPSA) is 88.1 Å². The second-order valence-corrected chi connectivity index (χ2v) is 10.8. The number of nitrogens with zero attached hydrogens (tertiary/aromatic N) is 2. The standard InChI is InChI=1S/C22H25BrClN5O2S/c1-12(21(30)27-11-14-5-15-3-4-29(2)20(15)26-10-14)28-22(31)18-7-13(9-25-18)6-16-8-17(23)19(24)32-16/h3-5,8,10,12-13,18,25H,6-7,9,11H2,1-2H3,(H,27,30)(H,28,31)/t12-,13-,18+/m0/s1. The minimum Gasteiger partial charge on any atom is -0.350 e. The third-order valence-corrected chi connectivity index (χ3v) is 8.20. The van der Waals surface area contributed by atoms with Crippen molar-refractivity contribution in [1.82, 2.24) is 25.5 Å². The average Bonchev–Trinajstić information content (AvgIpc) is 3.46. The first-order valence-electron chi connectivity index (χ1n) is 10.4. The fourth-order valence-corrected chi connectivity index (χ4v) is 5.86. The summed E-state index contributed by atoms with van der Waals surface area (Å²) in [6.45, 7) is 2.82. The second kappa shape index (κ2) is 9.91. The van der Waals surface area contributed by atoms with E-state index in [4.69, 9.17) is 11.6 Å². The predicted octanol–water partition coefficient (Wildman–Crippen LogP) is 3.39. The van der Waals surface area contributed by atoms with E-state index in [0.717, 1.165) is 44.8 Å². The van der Waals surface area contributed by atoms with Gasteiger partial charge in [0.1, 0.15) is 16.0 Å². The maximum absolute atomic E-state index is 12.6. The van der Waals surface area contributed by atoms with Crippen LogP contribution < -0.4 is 16.0 Å². The van der Waals surface area contributed by atoms with Crippen LogP contribution in [0.25, 0.3) is 11.0 Å². The Hall–Kier alpha value is -1.94. The van der Waals surface area contributed by atoms with Crippen molar-refractivity contribution in [2.45, 2.75) is 38.4 Å². The van der Waals surface area contributed by atoms with Crippen LogP contribution in [0.15, 0.2) is 35.1 Å². The number of nitrogens with one attached hydrogen (secondary N) is 3. The molecule has 170 valence electrons. The summed E-state index contributed by atoms with van der Waals surface area (Å²) < 4.78 is 3.61. The van der Waals surface area contributed by atoms with Crippen molar-refractivity contribution >= 4 is 61.7 Å². The van der Waals surface area contributed by atoms with E-state index in [2.05, 4.69) is 36.9 Å². The Balaban J connectivity index is 1.24. The molecule has 3 atom stereocenters. The summed E-state index contributed by atoms with van der Waals surface area (Å²) in [6, 6.07) is 5.12. The lowest BCUT2D eigenvalue weighted by molar-refractivity contribution is -0.129. The molecular weight excluding hydrogens is 514 g/mol. The highest BCUT2D eigenvalue weighted by atomic mass is 79.9. The van der Waals surface area contributed by atoms with Gasteiger partial charge in [0.05, 0.1) is 6.04 Å². The van der Waals surface area contributed by atoms with E-state index in [1.165, 1.54) is 4.88 Å². The van der Waals surface area contributed by atoms with E-state index in [1.54, 1.807) is 24.5 Å². The Bertz CT molecular complexity index is 1130. The summed E-state index contributed by atoms with van der Waals surface area (Å²) in [5, 5.41) is 10.0. The number of aryl methyl sites for hydroxylation is 1. The molecule has 2 amide bonds. The average molecular weight is 539 g/mol. The number of hydrogen-bond acceptors (Lipinski definition) is 5. The maximum Gasteiger partial charge on any atom is 0.242 e. The van der Waals surface area contributed by atoms with Crippen molar-refractivity contribution in [2.75, 3.05) is 6.54 Å². The van der Waals surface area contributed by atoms with Crippen molar-refractivity contribution in [3.63, 3.8) is 0 Å². The van der Waals surface area contributed by atoms with Crippen LogP contribution in [0.3, 0.4) is 0 Å². The largest absolute Gasteiger partial charge is 0.350 e. The quantitative estimate of drug-likeness (QED) is 0.430.